The van der Waals surface area contributed by atoms with Crippen molar-refractivity contribution in [3.8, 4) is 0 Å². The summed E-state index contributed by atoms with van der Waals surface area (Å²) in [5, 5.41) is 0.377. The highest BCUT2D eigenvalue weighted by atomic mass is 79.9. The quantitative estimate of drug-likeness (QED) is 0.601. The average molecular weight is 262 g/mol. The highest BCUT2D eigenvalue weighted by Gasteiger charge is 2.02. The molecule has 3 heteroatoms. The first-order valence-electron chi connectivity index (χ1n) is 4.02. The zero-order valence-corrected chi connectivity index (χ0v) is 9.44. The highest BCUT2D eigenvalue weighted by molar-refractivity contribution is 9.09. The van der Waals surface area contributed by atoms with Crippen molar-refractivity contribution in [3.05, 3.63) is 35.4 Å². The first-order chi connectivity index (χ1) is 6.27. The van der Waals surface area contributed by atoms with Crippen LogP contribution in [-0.4, -0.2) is 17.0 Å². The first kappa shape index (κ1) is 10.7. The van der Waals surface area contributed by atoms with Crippen LogP contribution < -0.4 is 0 Å². The fraction of sp³-hybridized carbons (Fsp3) is 0.300. The molecule has 0 radical (unpaired) electrons. The molecule has 0 spiro atoms. The number of Topliss-reactive ketones (excluding diaryl/α,β-unsaturated/α-hetero) is 1. The van der Waals surface area contributed by atoms with Gasteiger partial charge in [0.05, 0.1) is 5.33 Å². The van der Waals surface area contributed by atoms with E-state index in [2.05, 4.69) is 15.9 Å². The molecule has 0 amide bonds. The second kappa shape index (κ2) is 5.40. The minimum atomic E-state index is 0.109. The van der Waals surface area contributed by atoms with Crippen LogP contribution in [0, 0.1) is 0 Å². The molecule has 0 fully saturated rings. The van der Waals surface area contributed by atoms with Crippen LogP contribution in [-0.2, 0) is 6.42 Å². The van der Waals surface area contributed by atoms with Gasteiger partial charge in [-0.05, 0) is 12.0 Å². The van der Waals surface area contributed by atoms with Gasteiger partial charge in [0.25, 0.3) is 0 Å². The Balaban J connectivity index is 2.75. The Morgan fingerprint density at radius 3 is 2.38 bits per heavy atom. The molecular weight excluding hydrogens is 251 g/mol. The molecule has 1 nitrogen and oxygen atoms in total. The van der Waals surface area contributed by atoms with Crippen LogP contribution in [0.4, 0.5) is 0 Å². The predicted molar refractivity (Wildman–Crippen MR) is 59.0 cm³/mol. The summed E-state index contributed by atoms with van der Waals surface area (Å²) in [5.41, 5.74) is 1.91. The second-order valence-electron chi connectivity index (χ2n) is 2.69. The number of ketones is 1. The van der Waals surface area contributed by atoms with E-state index < -0.39 is 0 Å². The summed E-state index contributed by atoms with van der Waals surface area (Å²) in [6, 6.07) is 7.56. The summed E-state index contributed by atoms with van der Waals surface area (Å²) in [6.45, 7) is 0. The van der Waals surface area contributed by atoms with Gasteiger partial charge in [-0.25, -0.2) is 0 Å². The molecule has 0 bridgehead atoms. The van der Waals surface area contributed by atoms with Crippen LogP contribution in [0.15, 0.2) is 24.3 Å². The Kier molecular flexibility index (Phi) is 4.46. The molecule has 0 saturated carbocycles. The fourth-order valence-electron chi connectivity index (χ4n) is 1.04. The molecule has 0 aromatic heterocycles. The van der Waals surface area contributed by atoms with Gasteiger partial charge in [-0.15, -0.1) is 11.6 Å². The van der Waals surface area contributed by atoms with Gasteiger partial charge in [0.1, 0.15) is 0 Å². The molecule has 0 saturated heterocycles. The first-order valence-corrected chi connectivity index (χ1v) is 5.67. The highest BCUT2D eigenvalue weighted by Crippen LogP contribution is 2.07. The molecule has 1 aromatic carbocycles. The smallest absolute Gasteiger partial charge is 0.173 e. The minimum absolute atomic E-state index is 0.109. The lowest BCUT2D eigenvalue weighted by atomic mass is 10.1. The zero-order valence-electron chi connectivity index (χ0n) is 7.09. The van der Waals surface area contributed by atoms with E-state index in [0.717, 1.165) is 12.0 Å². The molecule has 1 rings (SSSR count). The van der Waals surface area contributed by atoms with Crippen LogP contribution in [0.25, 0.3) is 0 Å². The van der Waals surface area contributed by atoms with Gasteiger partial charge >= 0.3 is 0 Å². The Morgan fingerprint density at radius 1 is 1.31 bits per heavy atom. The number of hydrogen-bond acceptors (Lipinski definition) is 1. The van der Waals surface area contributed by atoms with Crippen LogP contribution in [0.3, 0.4) is 0 Å². The summed E-state index contributed by atoms with van der Waals surface area (Å²) < 4.78 is 0. The summed E-state index contributed by atoms with van der Waals surface area (Å²) in [6.07, 6.45) is 0.852. The van der Waals surface area contributed by atoms with Gasteiger partial charge in [0, 0.05) is 11.4 Å². The molecular formula is C10H10BrClO. The van der Waals surface area contributed by atoms with E-state index in [-0.39, 0.29) is 5.78 Å². The predicted octanol–water partition coefficient (Wildman–Crippen LogP) is 3.05. The Bertz CT molecular complexity index is 281. The van der Waals surface area contributed by atoms with Gasteiger partial charge in [-0.2, -0.15) is 0 Å². The third-order valence-corrected chi connectivity index (χ3v) is 2.48. The number of halogens is 2. The van der Waals surface area contributed by atoms with Crippen molar-refractivity contribution >= 4 is 33.3 Å². The van der Waals surface area contributed by atoms with Gasteiger partial charge in [0.15, 0.2) is 5.78 Å². The number of alkyl halides is 2. The van der Waals surface area contributed by atoms with E-state index in [1.807, 2.05) is 24.3 Å². The van der Waals surface area contributed by atoms with Crippen molar-refractivity contribution in [2.24, 2.45) is 0 Å². The van der Waals surface area contributed by atoms with E-state index >= 15 is 0 Å². The van der Waals surface area contributed by atoms with E-state index in [1.54, 1.807) is 0 Å². The van der Waals surface area contributed by atoms with Crippen molar-refractivity contribution in [2.75, 3.05) is 11.2 Å². The number of benzene rings is 1. The van der Waals surface area contributed by atoms with E-state index in [4.69, 9.17) is 11.6 Å². The van der Waals surface area contributed by atoms with Crippen molar-refractivity contribution in [3.63, 3.8) is 0 Å². The van der Waals surface area contributed by atoms with E-state index in [1.165, 1.54) is 5.56 Å². The molecule has 0 aliphatic carbocycles. The van der Waals surface area contributed by atoms with Crippen LogP contribution in [0.5, 0.6) is 0 Å². The summed E-state index contributed by atoms with van der Waals surface area (Å²) >= 11 is 8.72. The molecule has 0 aliphatic rings. The maximum Gasteiger partial charge on any atom is 0.173 e. The Hall–Kier alpha value is -0.340. The van der Waals surface area contributed by atoms with Crippen molar-refractivity contribution in [1.29, 1.82) is 0 Å². The normalized spacial score (nSPS) is 10.0. The lowest BCUT2D eigenvalue weighted by molar-refractivity contribution is 0.102. The largest absolute Gasteiger partial charge is 0.293 e. The molecule has 0 unspecified atom stereocenters. The van der Waals surface area contributed by atoms with Crippen LogP contribution in [0.1, 0.15) is 15.9 Å². The SMILES string of the molecule is O=C(CBr)c1ccc(CCCl)cc1. The summed E-state index contributed by atoms with van der Waals surface area (Å²) in [5.74, 6) is 0.726. The Labute approximate surface area is 91.2 Å². The molecule has 0 aliphatic heterocycles. The number of carbonyl (C=O) groups is 1. The average Bonchev–Trinajstić information content (AvgIpc) is 2.18. The maximum absolute atomic E-state index is 11.2. The van der Waals surface area contributed by atoms with E-state index in [0.29, 0.717) is 11.2 Å². The Morgan fingerprint density at radius 2 is 1.92 bits per heavy atom. The lowest BCUT2D eigenvalue weighted by Crippen LogP contribution is -1.99. The van der Waals surface area contributed by atoms with Gasteiger partial charge in [-0.1, -0.05) is 40.2 Å². The van der Waals surface area contributed by atoms with Crippen molar-refractivity contribution in [1.82, 2.24) is 0 Å². The minimum Gasteiger partial charge on any atom is -0.293 e. The molecule has 0 N–H and O–H groups in total. The summed E-state index contributed by atoms with van der Waals surface area (Å²) in [7, 11) is 0. The van der Waals surface area contributed by atoms with Crippen molar-refractivity contribution in [2.45, 2.75) is 6.42 Å². The van der Waals surface area contributed by atoms with Crippen molar-refractivity contribution < 1.29 is 4.79 Å². The zero-order chi connectivity index (χ0) is 9.68. The van der Waals surface area contributed by atoms with Crippen LogP contribution in [0.2, 0.25) is 0 Å². The molecule has 1 aromatic rings. The van der Waals surface area contributed by atoms with Crippen LogP contribution >= 0.6 is 27.5 Å². The van der Waals surface area contributed by atoms with Gasteiger partial charge in [-0.3, -0.25) is 4.79 Å². The van der Waals surface area contributed by atoms with E-state index in [9.17, 15) is 4.79 Å². The number of rotatable bonds is 4. The number of aryl methyl sites for hydroxylation is 1. The topological polar surface area (TPSA) is 17.1 Å². The fourth-order valence-corrected chi connectivity index (χ4v) is 1.59. The third-order valence-electron chi connectivity index (χ3n) is 1.78. The van der Waals surface area contributed by atoms with Gasteiger partial charge in [0.2, 0.25) is 0 Å². The molecule has 0 heterocycles. The standard InChI is InChI=1S/C10H10BrClO/c11-7-10(13)9-3-1-8(2-4-9)5-6-12/h1-4H,5-7H2. The number of carbonyl (C=O) groups excluding carboxylic acids is 1. The maximum atomic E-state index is 11.2. The lowest BCUT2D eigenvalue weighted by Gasteiger charge is -1.99. The van der Waals surface area contributed by atoms with Gasteiger partial charge < -0.3 is 0 Å². The number of hydrogen-bond donors (Lipinski definition) is 0. The monoisotopic (exact) mass is 260 g/mol. The molecule has 70 valence electrons. The third kappa shape index (κ3) is 3.12. The summed E-state index contributed by atoms with van der Waals surface area (Å²) in [4.78, 5) is 11.2. The molecule has 13 heavy (non-hydrogen) atoms. The molecule has 0 atom stereocenters. The second-order valence-corrected chi connectivity index (χ2v) is 3.63.